The van der Waals surface area contributed by atoms with Crippen LogP contribution in [-0.2, 0) is 11.3 Å². The molecule has 1 aromatic carbocycles. The van der Waals surface area contributed by atoms with Crippen molar-refractivity contribution in [1.82, 2.24) is 0 Å². The molecule has 0 aliphatic rings. The predicted octanol–water partition coefficient (Wildman–Crippen LogP) is 1.18. The second-order valence-electron chi connectivity index (χ2n) is 2.52. The molecule has 1 rings (SSSR count). The highest BCUT2D eigenvalue weighted by Crippen LogP contribution is 2.35. The maximum Gasteiger partial charge on any atom is 0.176 e. The van der Waals surface area contributed by atoms with Crippen LogP contribution in [0.25, 0.3) is 0 Å². The van der Waals surface area contributed by atoms with E-state index < -0.39 is 0 Å². The van der Waals surface area contributed by atoms with Crippen LogP contribution in [0.4, 0.5) is 0 Å². The highest BCUT2D eigenvalue weighted by Gasteiger charge is 2.09. The van der Waals surface area contributed by atoms with Crippen LogP contribution in [0.1, 0.15) is 5.56 Å². The zero-order valence-corrected chi connectivity index (χ0v) is 7.58. The Labute approximate surface area is 80.5 Å². The van der Waals surface area contributed by atoms with E-state index >= 15 is 0 Å². The molecule has 72 valence electrons. The number of hydrogen-bond acceptors (Lipinski definition) is 4. The Kier molecular flexibility index (Phi) is 3.36. The Balaban J connectivity index is 2.90. The molecule has 1 aromatic rings. The minimum absolute atomic E-state index is 0.120. The Morgan fingerprint density at radius 1 is 1.31 bits per heavy atom. The van der Waals surface area contributed by atoms with Crippen LogP contribution in [-0.4, -0.2) is 16.8 Å². The smallest absolute Gasteiger partial charge is 0.176 e. The van der Waals surface area contributed by atoms with Gasteiger partial charge in [-0.1, -0.05) is 17.7 Å². The maximum absolute atomic E-state index is 9.37. The first kappa shape index (κ1) is 10.1. The van der Waals surface area contributed by atoms with Crippen molar-refractivity contribution < 1.29 is 15.1 Å². The van der Waals surface area contributed by atoms with Crippen LogP contribution in [0.3, 0.4) is 0 Å². The van der Waals surface area contributed by atoms with E-state index in [-0.39, 0.29) is 23.1 Å². The lowest BCUT2D eigenvalue weighted by molar-refractivity contribution is 0.140. The van der Waals surface area contributed by atoms with Gasteiger partial charge in [-0.05, 0) is 6.07 Å². The molecule has 0 radical (unpaired) electrons. The lowest BCUT2D eigenvalue weighted by Crippen LogP contribution is -2.03. The average molecular weight is 204 g/mol. The van der Waals surface area contributed by atoms with Crippen LogP contribution in [0.2, 0.25) is 5.02 Å². The predicted molar refractivity (Wildman–Crippen MR) is 48.6 cm³/mol. The van der Waals surface area contributed by atoms with Crippen molar-refractivity contribution in [3.63, 3.8) is 0 Å². The third-order valence-corrected chi connectivity index (χ3v) is 1.98. The van der Waals surface area contributed by atoms with E-state index in [4.69, 9.17) is 17.5 Å². The first-order chi connectivity index (χ1) is 6.16. The molecule has 0 amide bonds. The number of nitrogens with two attached hydrogens (primary N) is 1. The molecule has 13 heavy (non-hydrogen) atoms. The summed E-state index contributed by atoms with van der Waals surface area (Å²) in [6.45, 7) is 0.272. The number of benzene rings is 1. The van der Waals surface area contributed by atoms with E-state index in [1.807, 2.05) is 0 Å². The summed E-state index contributed by atoms with van der Waals surface area (Å²) < 4.78 is 0. The molecule has 0 atom stereocenters. The molecule has 0 heterocycles. The highest BCUT2D eigenvalue weighted by atomic mass is 35.5. The zero-order valence-electron chi connectivity index (χ0n) is 6.83. The van der Waals surface area contributed by atoms with Crippen molar-refractivity contribution in [3.05, 3.63) is 22.7 Å². The fourth-order valence-electron chi connectivity index (χ4n) is 0.967. The van der Waals surface area contributed by atoms with Crippen LogP contribution in [0.5, 0.6) is 11.5 Å². The second-order valence-corrected chi connectivity index (χ2v) is 2.93. The fourth-order valence-corrected chi connectivity index (χ4v) is 1.12. The molecule has 0 aliphatic heterocycles. The maximum atomic E-state index is 9.37. The molecule has 0 aromatic heterocycles. The first-order valence-electron chi connectivity index (χ1n) is 3.67. The number of rotatable bonds is 3. The van der Waals surface area contributed by atoms with Crippen molar-refractivity contribution in [1.29, 1.82) is 0 Å². The van der Waals surface area contributed by atoms with Crippen molar-refractivity contribution in [2.24, 2.45) is 5.90 Å². The Morgan fingerprint density at radius 2 is 2.00 bits per heavy atom. The molecule has 0 saturated heterocycles. The molecule has 4 N–H and O–H groups in total. The topological polar surface area (TPSA) is 75.7 Å². The van der Waals surface area contributed by atoms with E-state index in [2.05, 4.69) is 4.84 Å². The van der Waals surface area contributed by atoms with Crippen LogP contribution < -0.4 is 5.90 Å². The van der Waals surface area contributed by atoms with Crippen molar-refractivity contribution in [3.8, 4) is 11.5 Å². The third kappa shape index (κ3) is 2.24. The minimum atomic E-state index is -0.309. The van der Waals surface area contributed by atoms with Crippen LogP contribution >= 0.6 is 11.6 Å². The number of halogens is 1. The van der Waals surface area contributed by atoms with Crippen molar-refractivity contribution >= 4 is 11.6 Å². The van der Waals surface area contributed by atoms with E-state index in [1.165, 1.54) is 6.07 Å². The molecular formula is C8H10ClNO3. The lowest BCUT2D eigenvalue weighted by Gasteiger charge is -2.06. The van der Waals surface area contributed by atoms with Gasteiger partial charge in [-0.25, -0.2) is 5.90 Å². The molecule has 0 aliphatic carbocycles. The summed E-state index contributed by atoms with van der Waals surface area (Å²) in [5, 5.41) is 18.7. The number of phenols is 2. The van der Waals surface area contributed by atoms with Crippen molar-refractivity contribution in [2.75, 3.05) is 6.61 Å². The van der Waals surface area contributed by atoms with E-state index in [9.17, 15) is 10.2 Å². The zero-order chi connectivity index (χ0) is 9.84. The van der Waals surface area contributed by atoms with Gasteiger partial charge >= 0.3 is 0 Å². The molecule has 0 fully saturated rings. The van der Waals surface area contributed by atoms with Gasteiger partial charge in [0.15, 0.2) is 11.5 Å². The van der Waals surface area contributed by atoms with Gasteiger partial charge < -0.3 is 15.1 Å². The highest BCUT2D eigenvalue weighted by molar-refractivity contribution is 6.32. The summed E-state index contributed by atoms with van der Waals surface area (Å²) in [5.74, 6) is 4.30. The SMILES string of the molecule is NOCCc1ccc(Cl)c(O)c1O. The first-order valence-corrected chi connectivity index (χ1v) is 4.05. The quantitative estimate of drug-likeness (QED) is 0.510. The van der Waals surface area contributed by atoms with Gasteiger partial charge in [0.1, 0.15) is 0 Å². The van der Waals surface area contributed by atoms with Crippen molar-refractivity contribution in [2.45, 2.75) is 6.42 Å². The monoisotopic (exact) mass is 203 g/mol. The van der Waals surface area contributed by atoms with Crippen LogP contribution in [0, 0.1) is 0 Å². The largest absolute Gasteiger partial charge is 0.504 e. The number of hydrogen-bond donors (Lipinski definition) is 3. The average Bonchev–Trinajstić information content (AvgIpc) is 2.13. The van der Waals surface area contributed by atoms with E-state index in [0.717, 1.165) is 0 Å². The number of phenolic OH excluding ortho intramolecular Hbond substituents is 2. The molecular weight excluding hydrogens is 194 g/mol. The third-order valence-electron chi connectivity index (χ3n) is 1.67. The Hall–Kier alpha value is -0.970. The van der Waals surface area contributed by atoms with Gasteiger partial charge in [0.2, 0.25) is 0 Å². The Morgan fingerprint density at radius 3 is 2.62 bits per heavy atom. The molecule has 0 spiro atoms. The molecule has 5 heteroatoms. The lowest BCUT2D eigenvalue weighted by atomic mass is 10.1. The summed E-state index contributed by atoms with van der Waals surface area (Å²) in [6.07, 6.45) is 0.424. The minimum Gasteiger partial charge on any atom is -0.504 e. The standard InChI is InChI=1S/C8H10ClNO3/c9-6-2-1-5(3-4-13-10)7(11)8(6)12/h1-2,11-12H,3-4,10H2. The van der Waals surface area contributed by atoms with E-state index in [0.29, 0.717) is 12.0 Å². The summed E-state index contributed by atoms with van der Waals surface area (Å²) in [5.41, 5.74) is 0.548. The number of aromatic hydroxyl groups is 2. The van der Waals surface area contributed by atoms with Gasteiger partial charge in [-0.15, -0.1) is 0 Å². The van der Waals surface area contributed by atoms with Gasteiger partial charge in [-0.2, -0.15) is 0 Å². The molecule has 0 unspecified atom stereocenters. The van der Waals surface area contributed by atoms with Gasteiger partial charge in [0, 0.05) is 12.0 Å². The molecule has 0 saturated carbocycles. The van der Waals surface area contributed by atoms with Gasteiger partial charge in [0.25, 0.3) is 0 Å². The Bertz CT molecular complexity index is 304. The second kappa shape index (κ2) is 4.32. The summed E-state index contributed by atoms with van der Waals surface area (Å²) in [4.78, 5) is 4.35. The molecule has 4 nitrogen and oxygen atoms in total. The normalized spacial score (nSPS) is 10.3. The van der Waals surface area contributed by atoms with E-state index in [1.54, 1.807) is 6.07 Å². The fraction of sp³-hybridized carbons (Fsp3) is 0.250. The molecule has 0 bridgehead atoms. The van der Waals surface area contributed by atoms with Gasteiger partial charge in [0.05, 0.1) is 11.6 Å². The van der Waals surface area contributed by atoms with Crippen LogP contribution in [0.15, 0.2) is 12.1 Å². The van der Waals surface area contributed by atoms with Gasteiger partial charge in [-0.3, -0.25) is 0 Å². The summed E-state index contributed by atoms with van der Waals surface area (Å²) in [7, 11) is 0. The summed E-state index contributed by atoms with van der Waals surface area (Å²) in [6, 6.07) is 3.11. The summed E-state index contributed by atoms with van der Waals surface area (Å²) >= 11 is 5.55.